The number of piperidine rings is 1. The summed E-state index contributed by atoms with van der Waals surface area (Å²) < 4.78 is 11.3. The van der Waals surface area contributed by atoms with Gasteiger partial charge in [-0.1, -0.05) is 6.07 Å². The molecule has 0 aliphatic carbocycles. The number of aromatic nitrogens is 2. The van der Waals surface area contributed by atoms with Crippen molar-refractivity contribution in [1.29, 1.82) is 0 Å². The molecule has 0 bridgehead atoms. The van der Waals surface area contributed by atoms with Gasteiger partial charge >= 0.3 is 0 Å². The Hall–Kier alpha value is -2.30. The van der Waals surface area contributed by atoms with Gasteiger partial charge in [0.1, 0.15) is 23.1 Å². The van der Waals surface area contributed by atoms with Gasteiger partial charge in [-0.2, -0.15) is 0 Å². The Kier molecular flexibility index (Phi) is 5.41. The van der Waals surface area contributed by atoms with E-state index in [9.17, 15) is 0 Å². The van der Waals surface area contributed by atoms with E-state index in [1.165, 1.54) is 12.0 Å². The zero-order valence-electron chi connectivity index (χ0n) is 15.6. The minimum absolute atomic E-state index is 0.495. The summed E-state index contributed by atoms with van der Waals surface area (Å²) in [5.74, 6) is 4.10. The normalized spacial score (nSPS) is 17.4. The van der Waals surface area contributed by atoms with Crippen molar-refractivity contribution in [3.63, 3.8) is 0 Å². The Morgan fingerprint density at radius 2 is 1.96 bits per heavy atom. The third-order valence-electron chi connectivity index (χ3n) is 4.82. The first kappa shape index (κ1) is 17.5. The van der Waals surface area contributed by atoms with Gasteiger partial charge in [0.2, 0.25) is 0 Å². The maximum atomic E-state index is 6.01. The third-order valence-corrected chi connectivity index (χ3v) is 4.82. The number of rotatable bonds is 5. The van der Waals surface area contributed by atoms with Gasteiger partial charge in [0.25, 0.3) is 0 Å². The van der Waals surface area contributed by atoms with Gasteiger partial charge in [0.15, 0.2) is 0 Å². The molecule has 1 saturated heterocycles. The van der Waals surface area contributed by atoms with Crippen LogP contribution in [-0.2, 0) is 0 Å². The predicted molar refractivity (Wildman–Crippen MR) is 99.7 cm³/mol. The second-order valence-electron chi connectivity index (χ2n) is 6.75. The highest BCUT2D eigenvalue weighted by Crippen LogP contribution is 2.27. The number of benzene rings is 1. The third kappa shape index (κ3) is 4.21. The summed E-state index contributed by atoms with van der Waals surface area (Å²) in [5, 5.41) is 0. The molecule has 0 radical (unpaired) electrons. The van der Waals surface area contributed by atoms with E-state index in [4.69, 9.17) is 14.5 Å². The van der Waals surface area contributed by atoms with Crippen LogP contribution in [0.4, 0.5) is 5.82 Å². The summed E-state index contributed by atoms with van der Waals surface area (Å²) in [7, 11) is 1.67. The van der Waals surface area contributed by atoms with Crippen molar-refractivity contribution in [2.45, 2.75) is 33.6 Å². The first-order valence-corrected chi connectivity index (χ1v) is 8.90. The quantitative estimate of drug-likeness (QED) is 0.830. The lowest BCUT2D eigenvalue weighted by molar-refractivity contribution is 0.227. The molecule has 1 fully saturated rings. The molecule has 1 aliphatic rings. The molecule has 134 valence electrons. The largest absolute Gasteiger partial charge is 0.497 e. The van der Waals surface area contributed by atoms with E-state index < -0.39 is 0 Å². The molecule has 1 aromatic carbocycles. The van der Waals surface area contributed by atoms with E-state index in [1.54, 1.807) is 7.11 Å². The Balaban J connectivity index is 1.65. The van der Waals surface area contributed by atoms with Crippen LogP contribution in [0.15, 0.2) is 24.3 Å². The van der Waals surface area contributed by atoms with Crippen LogP contribution in [0.1, 0.15) is 29.9 Å². The molecule has 3 rings (SSSR count). The minimum Gasteiger partial charge on any atom is -0.497 e. The van der Waals surface area contributed by atoms with E-state index in [-0.39, 0.29) is 0 Å². The molecule has 25 heavy (non-hydrogen) atoms. The standard InChI is InChI=1S/C20H27N3O2/c1-14-15(2)21-16(3)22-20(14)23-10-6-7-17(12-23)13-25-19-9-5-8-18(11-19)24-4/h5,8-9,11,17H,6-7,10,12-13H2,1-4H3. The molecule has 0 spiro atoms. The molecule has 1 atom stereocenters. The smallest absolute Gasteiger partial charge is 0.135 e. The van der Waals surface area contributed by atoms with Crippen molar-refractivity contribution >= 4 is 5.82 Å². The van der Waals surface area contributed by atoms with Crippen LogP contribution in [0.5, 0.6) is 11.5 Å². The number of aryl methyl sites for hydroxylation is 2. The highest BCUT2D eigenvalue weighted by molar-refractivity contribution is 5.48. The van der Waals surface area contributed by atoms with Gasteiger partial charge in [-0.15, -0.1) is 0 Å². The molecule has 2 heterocycles. The molecule has 1 aromatic heterocycles. The summed E-state index contributed by atoms with van der Waals surface area (Å²) in [5.41, 5.74) is 2.25. The first-order valence-electron chi connectivity index (χ1n) is 8.90. The lowest BCUT2D eigenvalue weighted by Gasteiger charge is -2.34. The first-order chi connectivity index (χ1) is 12.1. The lowest BCUT2D eigenvalue weighted by atomic mass is 9.98. The van der Waals surface area contributed by atoms with Crippen molar-refractivity contribution in [2.75, 3.05) is 31.7 Å². The summed E-state index contributed by atoms with van der Waals surface area (Å²) in [6.07, 6.45) is 2.34. The molecule has 0 amide bonds. The lowest BCUT2D eigenvalue weighted by Crippen LogP contribution is -2.38. The molecule has 0 saturated carbocycles. The molecule has 1 unspecified atom stereocenters. The Bertz CT molecular complexity index is 733. The van der Waals surface area contributed by atoms with Crippen LogP contribution in [0.2, 0.25) is 0 Å². The fourth-order valence-electron chi connectivity index (χ4n) is 3.36. The number of ether oxygens (including phenoxy) is 2. The van der Waals surface area contributed by atoms with Crippen LogP contribution in [0.25, 0.3) is 0 Å². The summed E-state index contributed by atoms with van der Waals surface area (Å²) >= 11 is 0. The molecule has 1 aliphatic heterocycles. The molecular formula is C20H27N3O2. The van der Waals surface area contributed by atoms with Crippen LogP contribution in [-0.4, -0.2) is 36.8 Å². The van der Waals surface area contributed by atoms with E-state index in [2.05, 4.69) is 23.7 Å². The van der Waals surface area contributed by atoms with Crippen LogP contribution >= 0.6 is 0 Å². The summed E-state index contributed by atoms with van der Waals surface area (Å²) in [6.45, 7) is 8.86. The zero-order valence-corrected chi connectivity index (χ0v) is 15.6. The Morgan fingerprint density at radius 3 is 2.76 bits per heavy atom. The Morgan fingerprint density at radius 1 is 1.16 bits per heavy atom. The fraction of sp³-hybridized carbons (Fsp3) is 0.500. The summed E-state index contributed by atoms with van der Waals surface area (Å²) in [6, 6.07) is 7.79. The molecule has 0 N–H and O–H groups in total. The van der Waals surface area contributed by atoms with Crippen molar-refractivity contribution in [3.8, 4) is 11.5 Å². The van der Waals surface area contributed by atoms with Gasteiger partial charge in [0.05, 0.1) is 13.7 Å². The predicted octanol–water partition coefficient (Wildman–Crippen LogP) is 3.71. The van der Waals surface area contributed by atoms with Gasteiger partial charge in [-0.05, 0) is 45.7 Å². The number of nitrogens with zero attached hydrogens (tertiary/aromatic N) is 3. The van der Waals surface area contributed by atoms with E-state index in [0.29, 0.717) is 12.5 Å². The van der Waals surface area contributed by atoms with Crippen molar-refractivity contribution in [3.05, 3.63) is 41.3 Å². The maximum absolute atomic E-state index is 6.01. The van der Waals surface area contributed by atoms with Crippen molar-refractivity contribution < 1.29 is 9.47 Å². The van der Waals surface area contributed by atoms with Gasteiger partial charge in [0, 0.05) is 36.3 Å². The second kappa shape index (κ2) is 7.72. The number of methoxy groups -OCH3 is 1. The number of hydrogen-bond acceptors (Lipinski definition) is 5. The monoisotopic (exact) mass is 341 g/mol. The average Bonchev–Trinajstić information content (AvgIpc) is 2.63. The topological polar surface area (TPSA) is 47.5 Å². The van der Waals surface area contributed by atoms with E-state index >= 15 is 0 Å². The molecule has 5 heteroatoms. The van der Waals surface area contributed by atoms with Crippen molar-refractivity contribution in [2.24, 2.45) is 5.92 Å². The minimum atomic E-state index is 0.495. The average molecular weight is 341 g/mol. The zero-order chi connectivity index (χ0) is 17.8. The number of anilines is 1. The van der Waals surface area contributed by atoms with Gasteiger partial charge in [-0.25, -0.2) is 9.97 Å². The maximum Gasteiger partial charge on any atom is 0.135 e. The second-order valence-corrected chi connectivity index (χ2v) is 6.75. The Labute approximate surface area is 150 Å². The highest BCUT2D eigenvalue weighted by Gasteiger charge is 2.23. The van der Waals surface area contributed by atoms with Crippen LogP contribution in [0, 0.1) is 26.7 Å². The SMILES string of the molecule is COc1cccc(OCC2CCCN(c3nc(C)nc(C)c3C)C2)c1. The van der Waals surface area contributed by atoms with Crippen molar-refractivity contribution in [1.82, 2.24) is 9.97 Å². The highest BCUT2D eigenvalue weighted by atomic mass is 16.5. The van der Waals surface area contributed by atoms with E-state index in [1.807, 2.05) is 31.2 Å². The van der Waals surface area contributed by atoms with Gasteiger partial charge in [-0.3, -0.25) is 0 Å². The van der Waals surface area contributed by atoms with Gasteiger partial charge < -0.3 is 14.4 Å². The molecular weight excluding hydrogens is 314 g/mol. The van der Waals surface area contributed by atoms with Crippen LogP contribution < -0.4 is 14.4 Å². The summed E-state index contributed by atoms with van der Waals surface area (Å²) in [4.78, 5) is 11.5. The fourth-order valence-corrected chi connectivity index (χ4v) is 3.36. The molecule has 5 nitrogen and oxygen atoms in total. The number of hydrogen-bond donors (Lipinski definition) is 0. The van der Waals surface area contributed by atoms with Crippen LogP contribution in [0.3, 0.4) is 0 Å². The molecule has 2 aromatic rings. The van der Waals surface area contributed by atoms with E-state index in [0.717, 1.165) is 48.3 Å².